The summed E-state index contributed by atoms with van der Waals surface area (Å²) in [4.78, 5) is 18.1. The predicted molar refractivity (Wildman–Crippen MR) is 97.6 cm³/mol. The van der Waals surface area contributed by atoms with Gasteiger partial charge in [-0.1, -0.05) is 12.1 Å². The minimum Gasteiger partial charge on any atom is -0.358 e. The topological polar surface area (TPSA) is 71.0 Å². The lowest BCUT2D eigenvalue weighted by Crippen LogP contribution is -2.22. The number of nitrogens with zero attached hydrogens (tertiary/aromatic N) is 4. The standard InChI is InChI=1S/C19H18FN5O/c1-25(13-10-14-8-11-21-12-9-14)18-7-6-17(23-24-18)19(26)22-16-5-3-2-4-15(16)20/h2-9,11-12H,10,13H2,1H3,(H,22,26). The van der Waals surface area contributed by atoms with E-state index in [9.17, 15) is 9.18 Å². The lowest BCUT2D eigenvalue weighted by Gasteiger charge is -2.17. The van der Waals surface area contributed by atoms with Crippen LogP contribution in [0, 0.1) is 5.82 Å². The van der Waals surface area contributed by atoms with Gasteiger partial charge < -0.3 is 10.2 Å². The summed E-state index contributed by atoms with van der Waals surface area (Å²) in [6.07, 6.45) is 4.37. The monoisotopic (exact) mass is 351 g/mol. The Labute approximate surface area is 150 Å². The molecule has 0 atom stereocenters. The summed E-state index contributed by atoms with van der Waals surface area (Å²) < 4.78 is 13.6. The van der Waals surface area contributed by atoms with Crippen molar-refractivity contribution < 1.29 is 9.18 Å². The van der Waals surface area contributed by atoms with Crippen LogP contribution in [0.25, 0.3) is 0 Å². The molecule has 0 fully saturated rings. The summed E-state index contributed by atoms with van der Waals surface area (Å²) in [7, 11) is 1.91. The molecule has 0 spiro atoms. The highest BCUT2D eigenvalue weighted by Crippen LogP contribution is 2.14. The van der Waals surface area contributed by atoms with Crippen molar-refractivity contribution in [1.82, 2.24) is 15.2 Å². The minimum absolute atomic E-state index is 0.109. The summed E-state index contributed by atoms with van der Waals surface area (Å²) in [6, 6.07) is 13.2. The van der Waals surface area contributed by atoms with Gasteiger partial charge in [-0.25, -0.2) is 4.39 Å². The summed E-state index contributed by atoms with van der Waals surface area (Å²) >= 11 is 0. The van der Waals surface area contributed by atoms with Crippen LogP contribution in [0.4, 0.5) is 15.9 Å². The second-order valence-electron chi connectivity index (χ2n) is 5.74. The predicted octanol–water partition coefficient (Wildman–Crippen LogP) is 2.94. The Morgan fingerprint density at radius 3 is 2.54 bits per heavy atom. The fraction of sp³-hybridized carbons (Fsp3) is 0.158. The van der Waals surface area contributed by atoms with E-state index in [1.165, 1.54) is 17.7 Å². The molecule has 7 heteroatoms. The number of anilines is 2. The van der Waals surface area contributed by atoms with E-state index in [0.717, 1.165) is 13.0 Å². The van der Waals surface area contributed by atoms with Crippen molar-refractivity contribution in [3.63, 3.8) is 0 Å². The number of rotatable bonds is 6. The second kappa shape index (κ2) is 8.15. The Hall–Kier alpha value is -3.35. The molecule has 1 amide bonds. The molecule has 2 heterocycles. The van der Waals surface area contributed by atoms with Crippen molar-refractivity contribution in [3.8, 4) is 0 Å². The van der Waals surface area contributed by atoms with Crippen molar-refractivity contribution >= 4 is 17.4 Å². The third kappa shape index (κ3) is 4.38. The quantitative estimate of drug-likeness (QED) is 0.739. The van der Waals surface area contributed by atoms with Crippen LogP contribution in [0.15, 0.2) is 60.9 Å². The van der Waals surface area contributed by atoms with Crippen molar-refractivity contribution in [2.24, 2.45) is 0 Å². The van der Waals surface area contributed by atoms with Crippen LogP contribution in [0.5, 0.6) is 0 Å². The van der Waals surface area contributed by atoms with Crippen LogP contribution in [-0.4, -0.2) is 34.7 Å². The Morgan fingerprint density at radius 2 is 1.85 bits per heavy atom. The molecule has 3 rings (SSSR count). The van der Waals surface area contributed by atoms with Crippen molar-refractivity contribution in [2.75, 3.05) is 23.8 Å². The van der Waals surface area contributed by atoms with E-state index in [1.54, 1.807) is 36.7 Å². The summed E-state index contributed by atoms with van der Waals surface area (Å²) in [5, 5.41) is 10.5. The molecule has 6 nitrogen and oxygen atoms in total. The molecule has 0 aliphatic carbocycles. The van der Waals surface area contributed by atoms with Crippen LogP contribution < -0.4 is 10.2 Å². The molecule has 0 aliphatic rings. The van der Waals surface area contributed by atoms with E-state index in [0.29, 0.717) is 5.82 Å². The number of hydrogen-bond acceptors (Lipinski definition) is 5. The van der Waals surface area contributed by atoms with Gasteiger partial charge in [-0.05, 0) is 48.4 Å². The van der Waals surface area contributed by atoms with E-state index >= 15 is 0 Å². The highest BCUT2D eigenvalue weighted by atomic mass is 19.1. The first kappa shape index (κ1) is 17.5. The zero-order valence-electron chi connectivity index (χ0n) is 14.3. The largest absolute Gasteiger partial charge is 0.358 e. The summed E-state index contributed by atoms with van der Waals surface area (Å²) in [5.74, 6) is -0.351. The first-order valence-corrected chi connectivity index (χ1v) is 8.13. The molecule has 26 heavy (non-hydrogen) atoms. The first-order chi connectivity index (χ1) is 12.6. The first-order valence-electron chi connectivity index (χ1n) is 8.13. The molecule has 0 radical (unpaired) electrons. The SMILES string of the molecule is CN(CCc1ccncc1)c1ccc(C(=O)Nc2ccccc2F)nn1. The maximum absolute atomic E-state index is 13.6. The maximum Gasteiger partial charge on any atom is 0.276 e. The smallest absolute Gasteiger partial charge is 0.276 e. The van der Waals surface area contributed by atoms with Crippen molar-refractivity contribution in [2.45, 2.75) is 6.42 Å². The molecule has 1 aromatic carbocycles. The van der Waals surface area contributed by atoms with E-state index in [-0.39, 0.29) is 11.4 Å². The highest BCUT2D eigenvalue weighted by molar-refractivity contribution is 6.02. The van der Waals surface area contributed by atoms with Gasteiger partial charge in [-0.15, -0.1) is 10.2 Å². The highest BCUT2D eigenvalue weighted by Gasteiger charge is 2.12. The number of hydrogen-bond donors (Lipinski definition) is 1. The van der Waals surface area contributed by atoms with Gasteiger partial charge in [0.25, 0.3) is 5.91 Å². The number of nitrogens with one attached hydrogen (secondary N) is 1. The lowest BCUT2D eigenvalue weighted by atomic mass is 10.2. The molecular weight excluding hydrogens is 333 g/mol. The van der Waals surface area contributed by atoms with Crippen molar-refractivity contribution in [1.29, 1.82) is 0 Å². The Balaban J connectivity index is 1.60. The van der Waals surface area contributed by atoms with E-state index < -0.39 is 11.7 Å². The number of amides is 1. The van der Waals surface area contributed by atoms with E-state index in [1.807, 2.05) is 24.1 Å². The Morgan fingerprint density at radius 1 is 1.08 bits per heavy atom. The average Bonchev–Trinajstić information content (AvgIpc) is 2.69. The number of carbonyl (C=O) groups is 1. The molecule has 3 aromatic rings. The zero-order chi connectivity index (χ0) is 18.4. The van der Waals surface area contributed by atoms with Crippen LogP contribution >= 0.6 is 0 Å². The molecule has 0 aliphatic heterocycles. The second-order valence-corrected chi connectivity index (χ2v) is 5.74. The van der Waals surface area contributed by atoms with Crippen LogP contribution in [-0.2, 0) is 6.42 Å². The number of para-hydroxylation sites is 1. The van der Waals surface area contributed by atoms with Gasteiger partial charge in [0.05, 0.1) is 5.69 Å². The third-order valence-corrected chi connectivity index (χ3v) is 3.88. The molecule has 132 valence electrons. The molecular formula is C19H18FN5O. The average molecular weight is 351 g/mol. The number of aromatic nitrogens is 3. The molecule has 0 saturated carbocycles. The van der Waals surface area contributed by atoms with Gasteiger partial charge in [0.2, 0.25) is 0 Å². The van der Waals surface area contributed by atoms with Crippen LogP contribution in [0.1, 0.15) is 16.1 Å². The zero-order valence-corrected chi connectivity index (χ0v) is 14.3. The van der Waals surface area contributed by atoms with Gasteiger partial charge in [-0.2, -0.15) is 0 Å². The minimum atomic E-state index is -0.506. The van der Waals surface area contributed by atoms with Gasteiger partial charge >= 0.3 is 0 Å². The van der Waals surface area contributed by atoms with Gasteiger partial charge in [-0.3, -0.25) is 9.78 Å². The summed E-state index contributed by atoms with van der Waals surface area (Å²) in [5.41, 5.74) is 1.41. The van der Waals surface area contributed by atoms with E-state index in [2.05, 4.69) is 20.5 Å². The number of pyridine rings is 1. The molecule has 2 aromatic heterocycles. The summed E-state index contributed by atoms with van der Waals surface area (Å²) in [6.45, 7) is 0.749. The lowest BCUT2D eigenvalue weighted by molar-refractivity contribution is 0.102. The Kier molecular flexibility index (Phi) is 5.48. The van der Waals surface area contributed by atoms with Gasteiger partial charge in [0.1, 0.15) is 5.82 Å². The number of halogens is 1. The number of likely N-dealkylation sites (N-methyl/N-ethyl adjacent to an activating group) is 1. The number of carbonyl (C=O) groups excluding carboxylic acids is 1. The van der Waals surface area contributed by atoms with E-state index in [4.69, 9.17) is 0 Å². The molecule has 1 N–H and O–H groups in total. The maximum atomic E-state index is 13.6. The van der Waals surface area contributed by atoms with Crippen LogP contribution in [0.2, 0.25) is 0 Å². The van der Waals surface area contributed by atoms with Gasteiger partial charge in [0.15, 0.2) is 11.5 Å². The normalized spacial score (nSPS) is 10.4. The van der Waals surface area contributed by atoms with Crippen LogP contribution in [0.3, 0.4) is 0 Å². The molecule has 0 unspecified atom stereocenters. The number of benzene rings is 1. The molecule has 0 saturated heterocycles. The fourth-order valence-corrected chi connectivity index (χ4v) is 2.36. The third-order valence-electron chi connectivity index (χ3n) is 3.88. The Bertz CT molecular complexity index is 871. The van der Waals surface area contributed by atoms with Gasteiger partial charge in [0, 0.05) is 26.0 Å². The fourth-order valence-electron chi connectivity index (χ4n) is 2.36. The van der Waals surface area contributed by atoms with Crippen molar-refractivity contribution in [3.05, 3.63) is 78.0 Å². The molecule has 0 bridgehead atoms.